The molecule has 0 saturated carbocycles. The average molecular weight is 393 g/mol. The number of carbonyl (C=O) groups excluding carboxylic acids is 1. The maximum atomic E-state index is 12.9. The summed E-state index contributed by atoms with van der Waals surface area (Å²) in [6.45, 7) is 3.64. The number of likely N-dealkylation sites (tertiary alicyclic amines) is 1. The molecular weight excluding hydrogens is 375 g/mol. The van der Waals surface area contributed by atoms with Gasteiger partial charge in [0.1, 0.15) is 0 Å². The average Bonchev–Trinajstić information content (AvgIpc) is 3.34. The van der Waals surface area contributed by atoms with Crippen LogP contribution in [0.5, 0.6) is 0 Å². The van der Waals surface area contributed by atoms with Crippen LogP contribution in [0.4, 0.5) is 13.2 Å². The van der Waals surface area contributed by atoms with Gasteiger partial charge in [-0.3, -0.25) is 9.48 Å². The highest BCUT2D eigenvalue weighted by Crippen LogP contribution is 2.30. The van der Waals surface area contributed by atoms with E-state index in [9.17, 15) is 18.0 Å². The first kappa shape index (κ1) is 18.4. The molecule has 1 saturated heterocycles. The minimum absolute atomic E-state index is 0.0318. The Morgan fingerprint density at radius 2 is 2.04 bits per heavy atom. The normalized spacial score (nSPS) is 16.1. The fraction of sp³-hybridized carbons (Fsp3) is 0.471. The topological polar surface area (TPSA) is 81.2 Å². The highest BCUT2D eigenvalue weighted by molar-refractivity contribution is 5.93. The Balaban J connectivity index is 1.51. The highest BCUT2D eigenvalue weighted by Gasteiger charge is 2.37. The standard InChI is InChI=1S/C17H18F3N7O/c1-2-26-10-12(9-22-26)14(28)25-7-4-11(5-8-25)13-3-6-21-16-23-15(17(18,19)20)24-27(13)16/h3,6,9-11H,2,4-5,7-8H2,1H3. The van der Waals surface area contributed by atoms with Crippen molar-refractivity contribution < 1.29 is 18.0 Å². The van der Waals surface area contributed by atoms with Crippen LogP contribution in [0.25, 0.3) is 5.78 Å². The number of rotatable bonds is 3. The van der Waals surface area contributed by atoms with Crippen LogP contribution in [0, 0.1) is 0 Å². The number of halogens is 3. The predicted molar refractivity (Wildman–Crippen MR) is 91.6 cm³/mol. The smallest absolute Gasteiger partial charge is 0.339 e. The Labute approximate surface area is 158 Å². The molecule has 0 aliphatic carbocycles. The van der Waals surface area contributed by atoms with E-state index in [0.717, 1.165) is 4.52 Å². The van der Waals surface area contributed by atoms with Crippen molar-refractivity contribution >= 4 is 11.7 Å². The van der Waals surface area contributed by atoms with Crippen LogP contribution in [0.2, 0.25) is 0 Å². The van der Waals surface area contributed by atoms with Gasteiger partial charge in [0.25, 0.3) is 17.5 Å². The second kappa shape index (κ2) is 6.88. The zero-order chi connectivity index (χ0) is 19.9. The molecule has 0 N–H and O–H groups in total. The van der Waals surface area contributed by atoms with Gasteiger partial charge >= 0.3 is 6.18 Å². The molecule has 3 aromatic heterocycles. The van der Waals surface area contributed by atoms with Crippen LogP contribution in [0.1, 0.15) is 47.6 Å². The molecule has 0 spiro atoms. The zero-order valence-electron chi connectivity index (χ0n) is 15.1. The predicted octanol–water partition coefficient (Wildman–Crippen LogP) is 2.38. The summed E-state index contributed by atoms with van der Waals surface area (Å²) in [5.41, 5.74) is 1.16. The number of alkyl halides is 3. The summed E-state index contributed by atoms with van der Waals surface area (Å²) in [6.07, 6.45) is 1.33. The first-order valence-corrected chi connectivity index (χ1v) is 8.97. The summed E-state index contributed by atoms with van der Waals surface area (Å²) in [5, 5.41) is 7.72. The largest absolute Gasteiger partial charge is 0.453 e. The summed E-state index contributed by atoms with van der Waals surface area (Å²) in [5.74, 6) is -1.39. The summed E-state index contributed by atoms with van der Waals surface area (Å²) in [7, 11) is 0. The van der Waals surface area contributed by atoms with Gasteiger partial charge in [0, 0.05) is 37.9 Å². The molecule has 4 rings (SSSR count). The lowest BCUT2D eigenvalue weighted by Crippen LogP contribution is -2.38. The quantitative estimate of drug-likeness (QED) is 0.683. The fourth-order valence-corrected chi connectivity index (χ4v) is 3.45. The van der Waals surface area contributed by atoms with Crippen LogP contribution in [-0.2, 0) is 12.7 Å². The zero-order valence-corrected chi connectivity index (χ0v) is 15.1. The molecule has 148 valence electrons. The van der Waals surface area contributed by atoms with Crippen molar-refractivity contribution in [1.29, 1.82) is 0 Å². The van der Waals surface area contributed by atoms with Gasteiger partial charge in [-0.15, -0.1) is 5.10 Å². The van der Waals surface area contributed by atoms with Crippen molar-refractivity contribution in [2.75, 3.05) is 13.1 Å². The number of fused-ring (bicyclic) bond motifs is 1. The van der Waals surface area contributed by atoms with Crippen molar-refractivity contribution in [2.45, 2.75) is 38.4 Å². The second-order valence-electron chi connectivity index (χ2n) is 6.67. The van der Waals surface area contributed by atoms with Gasteiger partial charge in [0.15, 0.2) is 0 Å². The van der Waals surface area contributed by atoms with Gasteiger partial charge < -0.3 is 4.90 Å². The molecule has 1 fully saturated rings. The third-order valence-corrected chi connectivity index (χ3v) is 4.93. The summed E-state index contributed by atoms with van der Waals surface area (Å²) in [6, 6.07) is 1.66. The van der Waals surface area contributed by atoms with E-state index in [1.54, 1.807) is 28.0 Å². The van der Waals surface area contributed by atoms with Gasteiger partial charge in [-0.2, -0.15) is 23.3 Å². The third-order valence-electron chi connectivity index (χ3n) is 4.93. The number of aryl methyl sites for hydroxylation is 1. The number of piperidine rings is 1. The van der Waals surface area contributed by atoms with E-state index in [1.165, 1.54) is 6.20 Å². The minimum Gasteiger partial charge on any atom is -0.339 e. The molecule has 4 heterocycles. The summed E-state index contributed by atoms with van der Waals surface area (Å²) < 4.78 is 41.6. The first-order valence-electron chi connectivity index (χ1n) is 8.97. The van der Waals surface area contributed by atoms with Gasteiger partial charge in [-0.1, -0.05) is 0 Å². The molecule has 1 aliphatic rings. The highest BCUT2D eigenvalue weighted by atomic mass is 19.4. The summed E-state index contributed by atoms with van der Waals surface area (Å²) in [4.78, 5) is 21.7. The van der Waals surface area contributed by atoms with Crippen molar-refractivity contribution in [3.05, 3.63) is 41.7 Å². The monoisotopic (exact) mass is 393 g/mol. The van der Waals surface area contributed by atoms with Gasteiger partial charge in [0.05, 0.1) is 17.5 Å². The number of nitrogens with zero attached hydrogens (tertiary/aromatic N) is 7. The molecule has 1 amide bonds. The number of amides is 1. The Bertz CT molecular complexity index is 1000. The Morgan fingerprint density at radius 3 is 2.68 bits per heavy atom. The lowest BCUT2D eigenvalue weighted by molar-refractivity contribution is -0.144. The Kier molecular flexibility index (Phi) is 4.52. The van der Waals surface area contributed by atoms with Crippen LogP contribution in [-0.4, -0.2) is 53.3 Å². The van der Waals surface area contributed by atoms with Crippen LogP contribution in [0.15, 0.2) is 24.7 Å². The molecule has 0 unspecified atom stereocenters. The van der Waals surface area contributed by atoms with Crippen LogP contribution < -0.4 is 0 Å². The van der Waals surface area contributed by atoms with E-state index >= 15 is 0 Å². The molecule has 0 aromatic carbocycles. The third kappa shape index (κ3) is 3.32. The maximum Gasteiger partial charge on any atom is 0.453 e. The van der Waals surface area contributed by atoms with E-state index < -0.39 is 12.0 Å². The summed E-state index contributed by atoms with van der Waals surface area (Å²) >= 11 is 0. The molecule has 28 heavy (non-hydrogen) atoms. The lowest BCUT2D eigenvalue weighted by Gasteiger charge is -2.31. The molecule has 0 radical (unpaired) electrons. The molecule has 3 aromatic rings. The molecule has 0 atom stereocenters. The Hall–Kier alpha value is -2.98. The number of carbonyl (C=O) groups is 1. The van der Waals surface area contributed by atoms with Crippen molar-refractivity contribution in [2.24, 2.45) is 0 Å². The molecular formula is C17H18F3N7O. The molecule has 1 aliphatic heterocycles. The minimum atomic E-state index is -4.62. The first-order chi connectivity index (χ1) is 13.4. The number of hydrogen-bond acceptors (Lipinski definition) is 5. The van der Waals surface area contributed by atoms with Crippen molar-refractivity contribution in [1.82, 2.24) is 34.3 Å². The second-order valence-corrected chi connectivity index (χ2v) is 6.67. The van der Waals surface area contributed by atoms with E-state index in [1.807, 2.05) is 6.92 Å². The number of aromatic nitrogens is 6. The van der Waals surface area contributed by atoms with E-state index in [-0.39, 0.29) is 17.6 Å². The Morgan fingerprint density at radius 1 is 1.29 bits per heavy atom. The lowest BCUT2D eigenvalue weighted by atomic mass is 9.93. The van der Waals surface area contributed by atoms with Gasteiger partial charge in [-0.05, 0) is 25.8 Å². The molecule has 0 bridgehead atoms. The molecule has 11 heteroatoms. The number of hydrogen-bond donors (Lipinski definition) is 0. The van der Waals surface area contributed by atoms with E-state index in [0.29, 0.717) is 43.7 Å². The van der Waals surface area contributed by atoms with Gasteiger partial charge in [0.2, 0.25) is 0 Å². The molecule has 8 nitrogen and oxygen atoms in total. The van der Waals surface area contributed by atoms with Crippen molar-refractivity contribution in [3.8, 4) is 0 Å². The van der Waals surface area contributed by atoms with E-state index in [2.05, 4.69) is 20.2 Å². The van der Waals surface area contributed by atoms with Gasteiger partial charge in [-0.25, -0.2) is 9.50 Å². The maximum absolute atomic E-state index is 12.9. The van der Waals surface area contributed by atoms with E-state index in [4.69, 9.17) is 0 Å². The van der Waals surface area contributed by atoms with Crippen LogP contribution >= 0.6 is 0 Å². The fourth-order valence-electron chi connectivity index (χ4n) is 3.45. The van der Waals surface area contributed by atoms with Crippen molar-refractivity contribution in [3.63, 3.8) is 0 Å². The SMILES string of the molecule is CCn1cc(C(=O)N2CCC(c3ccnc4nc(C(F)(F)F)nn34)CC2)cn1. The van der Waals surface area contributed by atoms with Crippen LogP contribution in [0.3, 0.4) is 0 Å².